The Labute approximate surface area is 214 Å². The summed E-state index contributed by atoms with van der Waals surface area (Å²) < 4.78 is 87.0. The van der Waals surface area contributed by atoms with Crippen molar-refractivity contribution in [1.82, 2.24) is 10.6 Å². The van der Waals surface area contributed by atoms with Crippen LogP contribution in [0.3, 0.4) is 0 Å². The number of ether oxygens (including phenoxy) is 1. The van der Waals surface area contributed by atoms with Gasteiger partial charge >= 0.3 is 35.6 Å². The summed E-state index contributed by atoms with van der Waals surface area (Å²) in [7, 11) is -17.1. The first-order valence-electron chi connectivity index (χ1n) is 10.0. The number of halogens is 3. The van der Waals surface area contributed by atoms with E-state index in [9.17, 15) is 56.4 Å². The van der Waals surface area contributed by atoms with Gasteiger partial charge in [0.15, 0.2) is 0 Å². The van der Waals surface area contributed by atoms with E-state index in [4.69, 9.17) is 19.4 Å². The summed E-state index contributed by atoms with van der Waals surface area (Å²) in [5, 5.41) is 23.8. The molecule has 8 N–H and O–H groups in total. The average molecular weight is 634 g/mol. The number of nitrogens with one attached hydrogen (secondary N) is 2. The number of carbonyl (C=O) groups is 3. The highest BCUT2D eigenvalue weighted by molar-refractivity contribution is 7.66. The number of hydrogen-bond donors (Lipinski definition) is 8. The maximum absolute atomic E-state index is 12.3. The van der Waals surface area contributed by atoms with E-state index in [1.165, 1.54) is 5.32 Å². The molecule has 39 heavy (non-hydrogen) atoms. The van der Waals surface area contributed by atoms with Crippen molar-refractivity contribution in [3.8, 4) is 0 Å². The molecule has 24 heteroatoms. The second-order valence-corrected chi connectivity index (χ2v) is 12.0. The number of hydrogen-bond acceptors (Lipinski definition) is 12. The zero-order valence-electron chi connectivity index (χ0n) is 18.8. The summed E-state index contributed by atoms with van der Waals surface area (Å²) in [6.45, 7) is -1.83. The van der Waals surface area contributed by atoms with Gasteiger partial charge in [0.1, 0.15) is 24.4 Å². The monoisotopic (exact) mass is 634 g/mol. The predicted molar refractivity (Wildman–Crippen MR) is 113 cm³/mol. The molecule has 0 aliphatic carbocycles. The topological polar surface area (TPSA) is 285 Å². The van der Waals surface area contributed by atoms with Crippen LogP contribution in [0.5, 0.6) is 0 Å². The molecule has 0 spiro atoms. The van der Waals surface area contributed by atoms with Crippen molar-refractivity contribution in [3.63, 3.8) is 0 Å². The molecule has 1 fully saturated rings. The standard InChI is InChI=1S/C15H20F3N2O16P3/c16-15(17,18)14(25)19-3-1-2-6-4-7(13(24)20-12(6)23)11-10(22)9(21)8(34-11)5-33-38(29,30)36-39(31,32)35-37(26,27)28/h1-2,4,7-11,21-22H,3,5H2,(H,19,25)(H,29,30)(H,31,32)(H,20,23,24)(H2,26,27,28)/b2-1+/t7?,8-,9+,10?,11+/m1/s1. The molecule has 2 rings (SSSR count). The van der Waals surface area contributed by atoms with Crippen LogP contribution in [0.15, 0.2) is 23.8 Å². The van der Waals surface area contributed by atoms with Crippen LogP contribution in [0.1, 0.15) is 0 Å². The molecule has 0 radical (unpaired) electrons. The van der Waals surface area contributed by atoms with Crippen LogP contribution in [0.25, 0.3) is 0 Å². The van der Waals surface area contributed by atoms with E-state index in [2.05, 4.69) is 13.1 Å². The third kappa shape index (κ3) is 9.94. The van der Waals surface area contributed by atoms with Gasteiger partial charge in [-0.05, 0) is 0 Å². The van der Waals surface area contributed by atoms with Gasteiger partial charge in [0.25, 0.3) is 5.91 Å². The summed E-state index contributed by atoms with van der Waals surface area (Å²) in [5.74, 6) is -5.83. The zero-order chi connectivity index (χ0) is 30.0. The van der Waals surface area contributed by atoms with E-state index in [-0.39, 0.29) is 5.57 Å². The Hall–Kier alpha value is -1.83. The number of amides is 3. The van der Waals surface area contributed by atoms with E-state index in [0.717, 1.165) is 18.2 Å². The molecule has 2 aliphatic heterocycles. The molecule has 0 aromatic carbocycles. The third-order valence-corrected chi connectivity index (χ3v) is 8.47. The van der Waals surface area contributed by atoms with E-state index < -0.39 is 90.9 Å². The number of carbonyl (C=O) groups excluding carboxylic acids is 3. The molecule has 0 bridgehead atoms. The fourth-order valence-corrected chi connectivity index (χ4v) is 6.14. The first-order chi connectivity index (χ1) is 17.6. The van der Waals surface area contributed by atoms with Crippen LogP contribution < -0.4 is 10.6 Å². The van der Waals surface area contributed by atoms with Crippen molar-refractivity contribution in [2.75, 3.05) is 13.2 Å². The molecule has 2 aliphatic rings. The molecule has 4 unspecified atom stereocenters. The molecule has 0 saturated carbocycles. The Morgan fingerprint density at radius 3 is 2.26 bits per heavy atom. The second-order valence-electron chi connectivity index (χ2n) is 7.58. The maximum atomic E-state index is 12.3. The summed E-state index contributed by atoms with van der Waals surface area (Å²) in [5.41, 5.74) is -0.317. The van der Waals surface area contributed by atoms with Crippen molar-refractivity contribution in [2.24, 2.45) is 5.92 Å². The predicted octanol–water partition coefficient (Wildman–Crippen LogP) is -1.75. The smallest absolute Gasteiger partial charge is 0.388 e. The number of phosphoric ester groups is 1. The molecule has 7 atom stereocenters. The number of aliphatic hydroxyl groups excluding tert-OH is 2. The zero-order valence-corrected chi connectivity index (χ0v) is 21.5. The van der Waals surface area contributed by atoms with Gasteiger partial charge in [-0.15, -0.1) is 0 Å². The largest absolute Gasteiger partial charge is 0.490 e. The van der Waals surface area contributed by atoms with Crippen molar-refractivity contribution in [2.45, 2.75) is 30.6 Å². The molecule has 222 valence electrons. The van der Waals surface area contributed by atoms with Gasteiger partial charge in [0.05, 0.1) is 12.5 Å². The Bertz CT molecular complexity index is 1190. The lowest BCUT2D eigenvalue weighted by atomic mass is 9.90. The average Bonchev–Trinajstić information content (AvgIpc) is 3.01. The van der Waals surface area contributed by atoms with Gasteiger partial charge in [-0.25, -0.2) is 13.7 Å². The van der Waals surface area contributed by atoms with Crippen molar-refractivity contribution < 1.29 is 88.9 Å². The minimum Gasteiger partial charge on any atom is -0.388 e. The normalized spacial score (nSPS) is 29.5. The van der Waals surface area contributed by atoms with Crippen LogP contribution in [0.4, 0.5) is 13.2 Å². The number of imide groups is 1. The highest BCUT2D eigenvalue weighted by Gasteiger charge is 2.50. The fourth-order valence-electron chi connectivity index (χ4n) is 3.11. The van der Waals surface area contributed by atoms with E-state index in [0.29, 0.717) is 0 Å². The van der Waals surface area contributed by atoms with Gasteiger partial charge in [0.2, 0.25) is 5.91 Å². The number of rotatable bonds is 11. The minimum absolute atomic E-state index is 0.317. The maximum Gasteiger partial charge on any atom is 0.490 e. The number of alkyl halides is 3. The lowest BCUT2D eigenvalue weighted by Gasteiger charge is -2.26. The molecule has 2 heterocycles. The highest BCUT2D eigenvalue weighted by Crippen LogP contribution is 2.66. The van der Waals surface area contributed by atoms with Crippen LogP contribution >= 0.6 is 23.5 Å². The Morgan fingerprint density at radius 1 is 1.08 bits per heavy atom. The van der Waals surface area contributed by atoms with Gasteiger partial charge in [-0.3, -0.25) is 24.2 Å². The van der Waals surface area contributed by atoms with Crippen molar-refractivity contribution >= 4 is 41.2 Å². The Kier molecular flexibility index (Phi) is 10.6. The van der Waals surface area contributed by atoms with Gasteiger partial charge in [-0.1, -0.05) is 18.2 Å². The first-order valence-corrected chi connectivity index (χ1v) is 14.5. The van der Waals surface area contributed by atoms with Gasteiger partial charge in [-0.2, -0.15) is 21.8 Å². The summed E-state index contributed by atoms with van der Waals surface area (Å²) in [6.07, 6.45) is -9.54. The lowest BCUT2D eigenvalue weighted by molar-refractivity contribution is -0.173. The quantitative estimate of drug-likeness (QED) is 0.0924. The number of phosphoric acid groups is 3. The molecule has 0 aromatic heterocycles. The van der Waals surface area contributed by atoms with Gasteiger partial charge < -0.3 is 39.8 Å². The Morgan fingerprint density at radius 2 is 1.69 bits per heavy atom. The molecule has 1 saturated heterocycles. The Balaban J connectivity index is 2.07. The summed E-state index contributed by atoms with van der Waals surface area (Å²) >= 11 is 0. The molecule has 3 amide bonds. The highest BCUT2D eigenvalue weighted by atomic mass is 31.3. The second kappa shape index (κ2) is 12.4. The first kappa shape index (κ1) is 33.4. The van der Waals surface area contributed by atoms with E-state index in [1.807, 2.05) is 5.32 Å². The summed E-state index contributed by atoms with van der Waals surface area (Å²) in [4.78, 5) is 70.7. The van der Waals surface area contributed by atoms with Crippen LogP contribution in [-0.4, -0.2) is 91.3 Å². The van der Waals surface area contributed by atoms with Crippen molar-refractivity contribution in [1.29, 1.82) is 0 Å². The van der Waals surface area contributed by atoms with E-state index >= 15 is 0 Å². The molecular formula is C15H20F3N2O16P3. The van der Waals surface area contributed by atoms with E-state index in [1.54, 1.807) is 0 Å². The number of aliphatic hydroxyl groups is 2. The van der Waals surface area contributed by atoms with Crippen LogP contribution in [-0.2, 0) is 46.0 Å². The summed E-state index contributed by atoms with van der Waals surface area (Å²) in [6, 6.07) is 0. The molecule has 18 nitrogen and oxygen atoms in total. The third-order valence-electron chi connectivity index (χ3n) is 4.67. The van der Waals surface area contributed by atoms with Crippen LogP contribution in [0.2, 0.25) is 0 Å². The lowest BCUT2D eigenvalue weighted by Crippen LogP contribution is -2.47. The SMILES string of the molecule is O=C1NC(=O)C([C@@H]2O[C@H](COP(=O)(O)OP(=O)(O)OP(=O)(O)O)[C@H](O)C2O)C=C1/C=C/CNC(=O)C(F)(F)F. The molecular weight excluding hydrogens is 614 g/mol. The minimum atomic E-state index is -5.84. The molecule has 0 aromatic rings. The van der Waals surface area contributed by atoms with Crippen LogP contribution in [0, 0.1) is 5.92 Å². The van der Waals surface area contributed by atoms with Gasteiger partial charge in [0, 0.05) is 12.1 Å². The fraction of sp³-hybridized carbons (Fsp3) is 0.533. The van der Waals surface area contributed by atoms with Crippen molar-refractivity contribution in [3.05, 3.63) is 23.8 Å².